The smallest absolute Gasteiger partial charge is 0.234 e. The molecule has 2 aliphatic rings. The van der Waals surface area contributed by atoms with Crippen LogP contribution in [0.2, 0.25) is 10.0 Å². The van der Waals surface area contributed by atoms with E-state index in [4.69, 9.17) is 32.7 Å². The standard InChI is InChI=1S/C32H28Cl2N2O3.ClH/c1-36(30-17-21-9-7-13-26(32(21)39-30)24-11-3-5-15-28(24)34)19-29(37)35-18-22-16-20-8-6-12-25(31(20)38-22)23-10-2-4-14-27(23)33;/h2-15,22,30H,16-19H2,1H3,(H,35,37);1H. The average Bonchev–Trinajstić information content (AvgIpc) is 3.57. The second-order valence-corrected chi connectivity index (χ2v) is 10.8. The molecule has 0 aromatic heterocycles. The molecule has 8 heteroatoms. The third-order valence-electron chi connectivity index (χ3n) is 7.31. The predicted octanol–water partition coefficient (Wildman–Crippen LogP) is 7.06. The van der Waals surface area contributed by atoms with Gasteiger partial charge < -0.3 is 14.8 Å². The highest BCUT2D eigenvalue weighted by Crippen LogP contribution is 2.42. The number of halogens is 3. The van der Waals surface area contributed by atoms with Crippen molar-refractivity contribution in [3.05, 3.63) is 106 Å². The Balaban J connectivity index is 0.00000323. The molecule has 0 fully saturated rings. The van der Waals surface area contributed by atoms with Crippen LogP contribution in [-0.2, 0) is 17.6 Å². The molecule has 0 saturated heterocycles. The van der Waals surface area contributed by atoms with Crippen molar-refractivity contribution in [3.8, 4) is 33.8 Å². The highest BCUT2D eigenvalue weighted by Gasteiger charge is 2.31. The summed E-state index contributed by atoms with van der Waals surface area (Å²) in [4.78, 5) is 14.8. The number of para-hydroxylation sites is 2. The van der Waals surface area contributed by atoms with E-state index >= 15 is 0 Å². The molecule has 2 aliphatic heterocycles. The van der Waals surface area contributed by atoms with Gasteiger partial charge in [-0.2, -0.15) is 0 Å². The zero-order valence-corrected chi connectivity index (χ0v) is 24.2. The Bertz CT molecular complexity index is 1540. The average molecular weight is 596 g/mol. The molecule has 5 nitrogen and oxygen atoms in total. The Morgan fingerprint density at radius 1 is 0.775 bits per heavy atom. The van der Waals surface area contributed by atoms with Gasteiger partial charge in [0.1, 0.15) is 17.6 Å². The van der Waals surface area contributed by atoms with E-state index < -0.39 is 0 Å². The normalized spacial score (nSPS) is 16.9. The number of carbonyl (C=O) groups is 1. The number of likely N-dealkylation sites (N-methyl/N-ethyl adjacent to an activating group) is 1. The molecule has 4 aromatic carbocycles. The Morgan fingerprint density at radius 2 is 1.30 bits per heavy atom. The summed E-state index contributed by atoms with van der Waals surface area (Å²) in [5.74, 6) is 1.59. The summed E-state index contributed by atoms with van der Waals surface area (Å²) in [7, 11) is 1.91. The Morgan fingerprint density at radius 3 is 1.90 bits per heavy atom. The summed E-state index contributed by atoms with van der Waals surface area (Å²) in [6.45, 7) is 0.635. The number of amides is 1. The molecular weight excluding hydrogens is 567 g/mol. The quantitative estimate of drug-likeness (QED) is 0.249. The fourth-order valence-electron chi connectivity index (χ4n) is 5.34. The molecule has 206 valence electrons. The number of hydrogen-bond acceptors (Lipinski definition) is 4. The Hall–Kier alpha value is -3.22. The minimum absolute atomic E-state index is 0. The molecule has 2 unspecified atom stereocenters. The maximum atomic E-state index is 12.9. The first kappa shape index (κ1) is 28.3. The Labute approximate surface area is 250 Å². The monoisotopic (exact) mass is 594 g/mol. The van der Waals surface area contributed by atoms with Crippen molar-refractivity contribution >= 4 is 41.5 Å². The molecule has 2 heterocycles. The molecule has 0 spiro atoms. The predicted molar refractivity (Wildman–Crippen MR) is 163 cm³/mol. The van der Waals surface area contributed by atoms with Gasteiger partial charge in [0, 0.05) is 45.1 Å². The van der Waals surface area contributed by atoms with Crippen LogP contribution >= 0.6 is 35.6 Å². The molecule has 0 aliphatic carbocycles. The summed E-state index contributed by atoms with van der Waals surface area (Å²) < 4.78 is 12.6. The summed E-state index contributed by atoms with van der Waals surface area (Å²) >= 11 is 12.9. The molecular formula is C32H29Cl3N2O3. The van der Waals surface area contributed by atoms with Gasteiger partial charge in [0.2, 0.25) is 5.91 Å². The lowest BCUT2D eigenvalue weighted by atomic mass is 10.0. The van der Waals surface area contributed by atoms with Crippen LogP contribution < -0.4 is 14.8 Å². The van der Waals surface area contributed by atoms with Gasteiger partial charge in [-0.3, -0.25) is 9.69 Å². The van der Waals surface area contributed by atoms with E-state index in [2.05, 4.69) is 17.4 Å². The van der Waals surface area contributed by atoms with Crippen LogP contribution in [0.25, 0.3) is 22.3 Å². The number of hydrogen-bond donors (Lipinski definition) is 1. The zero-order valence-electron chi connectivity index (χ0n) is 21.9. The molecule has 1 amide bonds. The van der Waals surface area contributed by atoms with Crippen molar-refractivity contribution in [2.24, 2.45) is 0 Å². The Kier molecular flexibility index (Phi) is 8.57. The number of carbonyl (C=O) groups excluding carboxylic acids is 1. The molecule has 4 aromatic rings. The largest absolute Gasteiger partial charge is 0.487 e. The molecule has 6 rings (SSSR count). The fourth-order valence-corrected chi connectivity index (χ4v) is 5.82. The molecule has 1 N–H and O–H groups in total. The number of ether oxygens (including phenoxy) is 2. The maximum absolute atomic E-state index is 12.9. The van der Waals surface area contributed by atoms with E-state index in [-0.39, 0.29) is 37.2 Å². The minimum Gasteiger partial charge on any atom is -0.487 e. The number of nitrogens with one attached hydrogen (secondary N) is 1. The van der Waals surface area contributed by atoms with Gasteiger partial charge in [0.15, 0.2) is 6.23 Å². The van der Waals surface area contributed by atoms with Gasteiger partial charge in [-0.25, -0.2) is 0 Å². The first-order chi connectivity index (χ1) is 19.0. The van der Waals surface area contributed by atoms with Crippen LogP contribution in [0.5, 0.6) is 11.5 Å². The van der Waals surface area contributed by atoms with Crippen molar-refractivity contribution in [3.63, 3.8) is 0 Å². The summed E-state index contributed by atoms with van der Waals surface area (Å²) in [5.41, 5.74) is 6.05. The van der Waals surface area contributed by atoms with Crippen LogP contribution in [0, 0.1) is 0 Å². The number of benzene rings is 4. The van der Waals surface area contributed by atoms with Crippen molar-refractivity contribution in [1.82, 2.24) is 10.2 Å². The van der Waals surface area contributed by atoms with Gasteiger partial charge in [0.25, 0.3) is 0 Å². The lowest BCUT2D eigenvalue weighted by molar-refractivity contribution is -0.124. The van der Waals surface area contributed by atoms with E-state index in [0.717, 1.165) is 51.3 Å². The fraction of sp³-hybridized carbons (Fsp3) is 0.219. The SMILES string of the molecule is CN(CC(=O)NCC1Cc2cccc(-c3ccccc3Cl)c2O1)C1Cc2cccc(-c3ccccc3Cl)c2O1.Cl. The van der Waals surface area contributed by atoms with Crippen molar-refractivity contribution in [2.45, 2.75) is 25.2 Å². The van der Waals surface area contributed by atoms with Gasteiger partial charge in [0.05, 0.1) is 13.1 Å². The minimum atomic E-state index is -0.237. The molecule has 40 heavy (non-hydrogen) atoms. The number of rotatable bonds is 7. The van der Waals surface area contributed by atoms with E-state index in [1.54, 1.807) is 0 Å². The van der Waals surface area contributed by atoms with Gasteiger partial charge in [-0.05, 0) is 30.3 Å². The highest BCUT2D eigenvalue weighted by atomic mass is 35.5. The molecule has 0 bridgehead atoms. The third-order valence-corrected chi connectivity index (χ3v) is 7.97. The summed E-state index contributed by atoms with van der Waals surface area (Å²) in [6.07, 6.45) is 1.06. The molecule has 0 saturated carbocycles. The third kappa shape index (κ3) is 5.65. The maximum Gasteiger partial charge on any atom is 0.234 e. The van der Waals surface area contributed by atoms with Crippen molar-refractivity contribution < 1.29 is 14.3 Å². The number of fused-ring (bicyclic) bond motifs is 2. The molecule has 0 radical (unpaired) electrons. The van der Waals surface area contributed by atoms with Crippen LogP contribution in [-0.4, -0.2) is 43.3 Å². The van der Waals surface area contributed by atoms with Crippen LogP contribution in [0.3, 0.4) is 0 Å². The van der Waals surface area contributed by atoms with Gasteiger partial charge in [-0.1, -0.05) is 96.0 Å². The van der Waals surface area contributed by atoms with Gasteiger partial charge in [-0.15, -0.1) is 12.4 Å². The van der Waals surface area contributed by atoms with Crippen LogP contribution in [0.15, 0.2) is 84.9 Å². The van der Waals surface area contributed by atoms with E-state index in [1.165, 1.54) is 0 Å². The van der Waals surface area contributed by atoms with Crippen molar-refractivity contribution in [1.29, 1.82) is 0 Å². The van der Waals surface area contributed by atoms with E-state index in [0.29, 0.717) is 23.0 Å². The molecule has 2 atom stereocenters. The van der Waals surface area contributed by atoms with E-state index in [1.807, 2.05) is 84.7 Å². The van der Waals surface area contributed by atoms with Crippen LogP contribution in [0.4, 0.5) is 0 Å². The first-order valence-corrected chi connectivity index (χ1v) is 13.8. The zero-order chi connectivity index (χ0) is 26.9. The summed E-state index contributed by atoms with van der Waals surface area (Å²) in [6, 6.07) is 27.7. The van der Waals surface area contributed by atoms with Crippen LogP contribution in [0.1, 0.15) is 11.1 Å². The highest BCUT2D eigenvalue weighted by molar-refractivity contribution is 6.33. The summed E-state index contributed by atoms with van der Waals surface area (Å²) in [5, 5.41) is 4.41. The topological polar surface area (TPSA) is 50.8 Å². The second kappa shape index (κ2) is 12.1. The lowest BCUT2D eigenvalue weighted by Crippen LogP contribution is -2.44. The number of nitrogens with zero attached hydrogens (tertiary/aromatic N) is 1. The van der Waals surface area contributed by atoms with Crippen molar-refractivity contribution in [2.75, 3.05) is 20.1 Å². The lowest BCUT2D eigenvalue weighted by Gasteiger charge is -2.24. The van der Waals surface area contributed by atoms with E-state index in [9.17, 15) is 4.79 Å². The first-order valence-electron chi connectivity index (χ1n) is 13.0. The second-order valence-electron chi connectivity index (χ2n) is 9.99. The van der Waals surface area contributed by atoms with Gasteiger partial charge >= 0.3 is 0 Å².